The zero-order valence-corrected chi connectivity index (χ0v) is 28.4. The lowest BCUT2D eigenvalue weighted by molar-refractivity contribution is 0.672. The topological polar surface area (TPSA) is 48.8 Å². The van der Waals surface area contributed by atoms with Crippen LogP contribution in [0.25, 0.3) is 110 Å². The van der Waals surface area contributed by atoms with Crippen molar-refractivity contribution in [1.82, 2.24) is 19.1 Å². The number of rotatable bonds is 3. The highest BCUT2D eigenvalue weighted by atomic mass is 16.3. The van der Waals surface area contributed by atoms with Gasteiger partial charge in [-0.15, -0.1) is 0 Å². The van der Waals surface area contributed by atoms with Gasteiger partial charge in [-0.1, -0.05) is 103 Å². The average Bonchev–Trinajstić information content (AvgIpc) is 3.87. The van der Waals surface area contributed by atoms with E-state index < -0.39 is 0 Å². The van der Waals surface area contributed by atoms with E-state index in [1.807, 2.05) is 0 Å². The molecule has 0 aliphatic carbocycles. The predicted octanol–water partition coefficient (Wildman–Crippen LogP) is 12.5. The highest BCUT2D eigenvalue weighted by Crippen LogP contribution is 2.41. The van der Waals surface area contributed by atoms with Crippen molar-refractivity contribution in [3.63, 3.8) is 0 Å². The van der Waals surface area contributed by atoms with Gasteiger partial charge >= 0.3 is 0 Å². The van der Waals surface area contributed by atoms with Crippen LogP contribution in [0.1, 0.15) is 0 Å². The number of benzene rings is 8. The van der Waals surface area contributed by atoms with E-state index in [0.29, 0.717) is 5.95 Å². The first kappa shape index (κ1) is 28.5. The molecule has 0 radical (unpaired) electrons. The second kappa shape index (κ2) is 10.6. The third-order valence-electron chi connectivity index (χ3n) is 10.9. The number of aromatic nitrogens is 4. The van der Waals surface area contributed by atoms with E-state index in [4.69, 9.17) is 14.4 Å². The summed E-state index contributed by atoms with van der Waals surface area (Å²) in [5.41, 5.74) is 10.1. The Labute approximate surface area is 302 Å². The van der Waals surface area contributed by atoms with E-state index in [0.717, 1.165) is 77.1 Å². The fourth-order valence-electron chi connectivity index (χ4n) is 8.54. The summed E-state index contributed by atoms with van der Waals surface area (Å²) in [6.07, 6.45) is 0. The van der Waals surface area contributed by atoms with Gasteiger partial charge in [0.15, 0.2) is 0 Å². The minimum atomic E-state index is 0.634. The van der Waals surface area contributed by atoms with Crippen LogP contribution in [0.5, 0.6) is 0 Å². The van der Waals surface area contributed by atoms with Crippen LogP contribution >= 0.6 is 0 Å². The average molecular weight is 677 g/mol. The zero-order chi connectivity index (χ0) is 34.6. The van der Waals surface area contributed by atoms with Gasteiger partial charge in [0, 0.05) is 54.3 Å². The van der Waals surface area contributed by atoms with Crippen molar-refractivity contribution in [3.05, 3.63) is 170 Å². The summed E-state index contributed by atoms with van der Waals surface area (Å²) in [5, 5.41) is 10.2. The first-order valence-electron chi connectivity index (χ1n) is 17.9. The SMILES string of the molecule is c1ccc(-n2c3ccccc3c3cc4c5ccccc5n(-c5nc(-c6ccc7oc8c9ccccc9ccc8c7c6)c6ccccc6n5)c4cc32)cc1. The van der Waals surface area contributed by atoms with Gasteiger partial charge in [-0.2, -0.15) is 0 Å². The highest BCUT2D eigenvalue weighted by molar-refractivity contribution is 6.19. The molecule has 4 heterocycles. The zero-order valence-electron chi connectivity index (χ0n) is 28.4. The van der Waals surface area contributed by atoms with Crippen LogP contribution in [0.15, 0.2) is 174 Å². The van der Waals surface area contributed by atoms with Crippen LogP contribution in [0.2, 0.25) is 0 Å². The molecule has 0 aliphatic rings. The molecular weight excluding hydrogens is 649 g/mol. The number of hydrogen-bond donors (Lipinski definition) is 0. The summed E-state index contributed by atoms with van der Waals surface area (Å²) in [6, 6.07) is 60.0. The molecule has 0 unspecified atom stereocenters. The maximum atomic E-state index is 6.48. The van der Waals surface area contributed by atoms with Gasteiger partial charge in [0.25, 0.3) is 0 Å². The molecule has 0 amide bonds. The quantitative estimate of drug-likeness (QED) is 0.187. The van der Waals surface area contributed by atoms with Crippen molar-refractivity contribution in [2.24, 2.45) is 0 Å². The Morgan fingerprint density at radius 3 is 1.87 bits per heavy atom. The van der Waals surface area contributed by atoms with Crippen molar-refractivity contribution >= 4 is 87.2 Å². The second-order valence-electron chi connectivity index (χ2n) is 13.8. The summed E-state index contributed by atoms with van der Waals surface area (Å²) < 4.78 is 11.1. The summed E-state index contributed by atoms with van der Waals surface area (Å²) in [6.45, 7) is 0. The molecule has 0 saturated heterocycles. The van der Waals surface area contributed by atoms with Crippen molar-refractivity contribution in [3.8, 4) is 22.9 Å². The molecule has 0 saturated carbocycles. The third-order valence-corrected chi connectivity index (χ3v) is 10.9. The normalized spacial score (nSPS) is 12.2. The van der Waals surface area contributed by atoms with Gasteiger partial charge < -0.3 is 8.98 Å². The smallest absolute Gasteiger partial charge is 0.235 e. The number of fused-ring (bicyclic) bond motifs is 12. The molecule has 8 aromatic carbocycles. The standard InChI is InChI=1S/C48H28N4O/c1-2-13-31(14-3-1)51-41-20-10-7-16-33(41)37-27-38-34-17-8-11-21-42(34)52(44(38)28-43(37)51)48-49-40-19-9-6-18-36(40)46(50-48)30-23-25-45-39(26-30)35-24-22-29-12-4-5-15-32(29)47(35)53-45/h1-28H. The molecule has 53 heavy (non-hydrogen) atoms. The molecule has 0 fully saturated rings. The van der Waals surface area contributed by atoms with E-state index in [2.05, 4.69) is 179 Å². The lowest BCUT2D eigenvalue weighted by atomic mass is 10.0. The van der Waals surface area contributed by atoms with Crippen molar-refractivity contribution < 1.29 is 4.42 Å². The minimum Gasteiger partial charge on any atom is -0.455 e. The van der Waals surface area contributed by atoms with Crippen LogP contribution in [-0.2, 0) is 0 Å². The maximum absolute atomic E-state index is 6.48. The Morgan fingerprint density at radius 1 is 0.396 bits per heavy atom. The second-order valence-corrected chi connectivity index (χ2v) is 13.8. The lowest BCUT2D eigenvalue weighted by Crippen LogP contribution is -2.03. The molecule has 12 aromatic rings. The van der Waals surface area contributed by atoms with Crippen LogP contribution in [0.3, 0.4) is 0 Å². The van der Waals surface area contributed by atoms with Crippen molar-refractivity contribution in [2.75, 3.05) is 0 Å². The Morgan fingerprint density at radius 2 is 1.06 bits per heavy atom. The fraction of sp³-hybridized carbons (Fsp3) is 0. The maximum Gasteiger partial charge on any atom is 0.235 e. The molecule has 4 aromatic heterocycles. The molecule has 0 bridgehead atoms. The van der Waals surface area contributed by atoms with Gasteiger partial charge in [-0.25, -0.2) is 9.97 Å². The van der Waals surface area contributed by atoms with Gasteiger partial charge in [-0.3, -0.25) is 4.57 Å². The van der Waals surface area contributed by atoms with Crippen molar-refractivity contribution in [1.29, 1.82) is 0 Å². The number of nitrogens with zero attached hydrogens (tertiary/aromatic N) is 4. The monoisotopic (exact) mass is 676 g/mol. The Hall–Kier alpha value is -7.24. The number of para-hydroxylation sites is 4. The third kappa shape index (κ3) is 4.02. The molecule has 0 N–H and O–H groups in total. The molecule has 246 valence electrons. The highest BCUT2D eigenvalue weighted by Gasteiger charge is 2.21. The van der Waals surface area contributed by atoms with E-state index in [-0.39, 0.29) is 0 Å². The Kier molecular flexibility index (Phi) is 5.71. The van der Waals surface area contributed by atoms with E-state index in [1.165, 1.54) is 27.1 Å². The first-order chi connectivity index (χ1) is 26.3. The van der Waals surface area contributed by atoms with E-state index >= 15 is 0 Å². The van der Waals surface area contributed by atoms with Crippen LogP contribution in [0.4, 0.5) is 0 Å². The van der Waals surface area contributed by atoms with Gasteiger partial charge in [0.1, 0.15) is 11.2 Å². The van der Waals surface area contributed by atoms with Crippen LogP contribution in [-0.4, -0.2) is 19.1 Å². The van der Waals surface area contributed by atoms with Crippen LogP contribution in [0, 0.1) is 0 Å². The molecule has 0 atom stereocenters. The minimum absolute atomic E-state index is 0.634. The van der Waals surface area contributed by atoms with E-state index in [9.17, 15) is 0 Å². The molecule has 5 nitrogen and oxygen atoms in total. The van der Waals surface area contributed by atoms with Gasteiger partial charge in [0.2, 0.25) is 5.95 Å². The van der Waals surface area contributed by atoms with Crippen molar-refractivity contribution in [2.45, 2.75) is 0 Å². The fourth-order valence-corrected chi connectivity index (χ4v) is 8.54. The molecule has 5 heteroatoms. The number of furan rings is 1. The van der Waals surface area contributed by atoms with Crippen LogP contribution < -0.4 is 0 Å². The first-order valence-corrected chi connectivity index (χ1v) is 17.9. The summed E-state index contributed by atoms with van der Waals surface area (Å²) in [7, 11) is 0. The Balaban J connectivity index is 1.15. The predicted molar refractivity (Wildman–Crippen MR) is 218 cm³/mol. The molecule has 0 spiro atoms. The summed E-state index contributed by atoms with van der Waals surface area (Å²) in [5.74, 6) is 0.634. The molecule has 12 rings (SSSR count). The summed E-state index contributed by atoms with van der Waals surface area (Å²) in [4.78, 5) is 10.7. The van der Waals surface area contributed by atoms with E-state index in [1.54, 1.807) is 0 Å². The van der Waals surface area contributed by atoms with Gasteiger partial charge in [-0.05, 0) is 72.1 Å². The molecular formula is C48H28N4O. The number of hydrogen-bond acceptors (Lipinski definition) is 3. The molecule has 0 aliphatic heterocycles. The Bertz CT molecular complexity index is 3460. The lowest BCUT2D eigenvalue weighted by Gasteiger charge is -2.12. The largest absolute Gasteiger partial charge is 0.455 e. The van der Waals surface area contributed by atoms with Gasteiger partial charge in [0.05, 0.1) is 33.3 Å². The summed E-state index contributed by atoms with van der Waals surface area (Å²) >= 11 is 0.